The highest BCUT2D eigenvalue weighted by molar-refractivity contribution is 4.87. The van der Waals surface area contributed by atoms with Gasteiger partial charge < -0.3 is 5.73 Å². The van der Waals surface area contributed by atoms with Gasteiger partial charge in [0.25, 0.3) is 0 Å². The summed E-state index contributed by atoms with van der Waals surface area (Å²) in [7, 11) is 0. The molecule has 1 rings (SSSR count). The topological polar surface area (TPSA) is 29.3 Å². The van der Waals surface area contributed by atoms with E-state index in [4.69, 9.17) is 5.73 Å². The lowest BCUT2D eigenvalue weighted by molar-refractivity contribution is 0.188. The summed E-state index contributed by atoms with van der Waals surface area (Å²) in [4.78, 5) is 2.64. The SMILES string of the molecule is CCCCCC(CN)N1CCC(C(C)(C)C)C1. The van der Waals surface area contributed by atoms with E-state index in [-0.39, 0.29) is 0 Å². The summed E-state index contributed by atoms with van der Waals surface area (Å²) < 4.78 is 0. The van der Waals surface area contributed by atoms with Crippen molar-refractivity contribution >= 4 is 0 Å². The minimum absolute atomic E-state index is 0.456. The predicted octanol–water partition coefficient (Wildman–Crippen LogP) is 3.26. The molecular formula is C15H32N2. The van der Waals surface area contributed by atoms with Gasteiger partial charge >= 0.3 is 0 Å². The van der Waals surface area contributed by atoms with Crippen molar-refractivity contribution in [2.45, 2.75) is 65.8 Å². The Morgan fingerprint density at radius 3 is 2.47 bits per heavy atom. The minimum Gasteiger partial charge on any atom is -0.329 e. The second-order valence-electron chi connectivity index (χ2n) is 6.73. The van der Waals surface area contributed by atoms with Gasteiger partial charge in [0, 0.05) is 19.1 Å². The lowest BCUT2D eigenvalue weighted by atomic mass is 9.80. The number of likely N-dealkylation sites (tertiary alicyclic amines) is 1. The number of unbranched alkanes of at least 4 members (excludes halogenated alkanes) is 2. The molecule has 17 heavy (non-hydrogen) atoms. The van der Waals surface area contributed by atoms with Crippen molar-refractivity contribution in [2.75, 3.05) is 19.6 Å². The highest BCUT2D eigenvalue weighted by Gasteiger charge is 2.33. The van der Waals surface area contributed by atoms with E-state index in [9.17, 15) is 0 Å². The molecule has 1 saturated heterocycles. The van der Waals surface area contributed by atoms with Crippen LogP contribution in [0.2, 0.25) is 0 Å². The van der Waals surface area contributed by atoms with Gasteiger partial charge in [0.15, 0.2) is 0 Å². The van der Waals surface area contributed by atoms with Crippen LogP contribution < -0.4 is 5.73 Å². The predicted molar refractivity (Wildman–Crippen MR) is 76.1 cm³/mol. The van der Waals surface area contributed by atoms with E-state index in [2.05, 4.69) is 32.6 Å². The van der Waals surface area contributed by atoms with Crippen LogP contribution in [0.1, 0.15) is 59.8 Å². The highest BCUT2D eigenvalue weighted by Crippen LogP contribution is 2.34. The molecule has 1 heterocycles. The summed E-state index contributed by atoms with van der Waals surface area (Å²) in [6, 6.07) is 0.633. The molecule has 1 aliphatic heterocycles. The van der Waals surface area contributed by atoms with Gasteiger partial charge in [0.05, 0.1) is 0 Å². The zero-order valence-electron chi connectivity index (χ0n) is 12.3. The third-order valence-electron chi connectivity index (χ3n) is 4.37. The lowest BCUT2D eigenvalue weighted by Gasteiger charge is -2.30. The second kappa shape index (κ2) is 6.75. The molecule has 0 aliphatic carbocycles. The van der Waals surface area contributed by atoms with E-state index in [0.29, 0.717) is 11.5 Å². The normalized spacial score (nSPS) is 24.2. The fraction of sp³-hybridized carbons (Fsp3) is 1.00. The van der Waals surface area contributed by atoms with Crippen LogP contribution in [0.15, 0.2) is 0 Å². The van der Waals surface area contributed by atoms with Crippen LogP contribution in [0.3, 0.4) is 0 Å². The number of rotatable bonds is 6. The molecule has 0 aromatic rings. The molecule has 0 aromatic heterocycles. The van der Waals surface area contributed by atoms with Crippen molar-refractivity contribution in [2.24, 2.45) is 17.1 Å². The smallest absolute Gasteiger partial charge is 0.0218 e. The molecule has 2 unspecified atom stereocenters. The maximum atomic E-state index is 5.95. The van der Waals surface area contributed by atoms with E-state index < -0.39 is 0 Å². The van der Waals surface area contributed by atoms with Gasteiger partial charge in [-0.3, -0.25) is 4.90 Å². The molecule has 0 aromatic carbocycles. The molecule has 0 amide bonds. The molecule has 102 valence electrons. The third kappa shape index (κ3) is 4.59. The quantitative estimate of drug-likeness (QED) is 0.722. The maximum Gasteiger partial charge on any atom is 0.0218 e. The third-order valence-corrected chi connectivity index (χ3v) is 4.37. The van der Waals surface area contributed by atoms with Gasteiger partial charge in [0.2, 0.25) is 0 Å². The van der Waals surface area contributed by atoms with Gasteiger partial charge in [-0.05, 0) is 30.7 Å². The summed E-state index contributed by atoms with van der Waals surface area (Å²) >= 11 is 0. The summed E-state index contributed by atoms with van der Waals surface area (Å²) in [6.07, 6.45) is 6.65. The minimum atomic E-state index is 0.456. The maximum absolute atomic E-state index is 5.95. The number of hydrogen-bond donors (Lipinski definition) is 1. The van der Waals surface area contributed by atoms with Crippen LogP contribution in [-0.4, -0.2) is 30.6 Å². The van der Waals surface area contributed by atoms with Crippen LogP contribution in [-0.2, 0) is 0 Å². The zero-order chi connectivity index (χ0) is 12.9. The second-order valence-corrected chi connectivity index (χ2v) is 6.73. The van der Waals surface area contributed by atoms with Crippen molar-refractivity contribution in [3.63, 3.8) is 0 Å². The van der Waals surface area contributed by atoms with Crippen LogP contribution >= 0.6 is 0 Å². The van der Waals surface area contributed by atoms with Crippen molar-refractivity contribution < 1.29 is 0 Å². The van der Waals surface area contributed by atoms with Gasteiger partial charge in [0.1, 0.15) is 0 Å². The number of hydrogen-bond acceptors (Lipinski definition) is 2. The Balaban J connectivity index is 2.39. The molecule has 0 saturated carbocycles. The zero-order valence-corrected chi connectivity index (χ0v) is 12.3. The standard InChI is InChI=1S/C15H32N2/c1-5-6-7-8-14(11-16)17-10-9-13(12-17)15(2,3)4/h13-14H,5-12,16H2,1-4H3. The average molecular weight is 240 g/mol. The molecule has 2 nitrogen and oxygen atoms in total. The van der Waals surface area contributed by atoms with Crippen LogP contribution in [0, 0.1) is 11.3 Å². The molecule has 0 bridgehead atoms. The van der Waals surface area contributed by atoms with Crippen LogP contribution in [0.5, 0.6) is 0 Å². The first kappa shape index (κ1) is 15.0. The Morgan fingerprint density at radius 2 is 2.00 bits per heavy atom. The lowest BCUT2D eigenvalue weighted by Crippen LogP contribution is -2.40. The van der Waals surface area contributed by atoms with Gasteiger partial charge in [-0.2, -0.15) is 0 Å². The van der Waals surface area contributed by atoms with E-state index in [1.807, 2.05) is 0 Å². The summed E-state index contributed by atoms with van der Waals surface area (Å²) in [5, 5.41) is 0. The molecular weight excluding hydrogens is 208 g/mol. The summed E-state index contributed by atoms with van der Waals surface area (Å²) in [5.41, 5.74) is 6.40. The fourth-order valence-electron chi connectivity index (χ4n) is 2.91. The van der Waals surface area contributed by atoms with Gasteiger partial charge in [-0.15, -0.1) is 0 Å². The molecule has 0 radical (unpaired) electrons. The Hall–Kier alpha value is -0.0800. The Morgan fingerprint density at radius 1 is 1.29 bits per heavy atom. The Kier molecular flexibility index (Phi) is 5.94. The monoisotopic (exact) mass is 240 g/mol. The molecule has 2 atom stereocenters. The fourth-order valence-corrected chi connectivity index (χ4v) is 2.91. The first-order valence-electron chi connectivity index (χ1n) is 7.43. The van der Waals surface area contributed by atoms with Crippen molar-refractivity contribution in [3.05, 3.63) is 0 Å². The molecule has 0 spiro atoms. The number of nitrogens with two attached hydrogens (primary N) is 1. The van der Waals surface area contributed by atoms with E-state index in [0.717, 1.165) is 12.5 Å². The molecule has 2 N–H and O–H groups in total. The molecule has 2 heteroatoms. The van der Waals surface area contributed by atoms with Crippen molar-refractivity contribution in [1.82, 2.24) is 4.90 Å². The summed E-state index contributed by atoms with van der Waals surface area (Å²) in [6.45, 7) is 12.7. The van der Waals surface area contributed by atoms with E-state index in [1.165, 1.54) is 45.2 Å². The molecule has 1 fully saturated rings. The Labute approximate surface area is 108 Å². The molecule has 1 aliphatic rings. The first-order chi connectivity index (χ1) is 7.99. The van der Waals surface area contributed by atoms with Gasteiger partial charge in [-0.25, -0.2) is 0 Å². The van der Waals surface area contributed by atoms with Crippen LogP contribution in [0.4, 0.5) is 0 Å². The average Bonchev–Trinajstić information content (AvgIpc) is 2.73. The highest BCUT2D eigenvalue weighted by atomic mass is 15.2. The largest absolute Gasteiger partial charge is 0.329 e. The van der Waals surface area contributed by atoms with Gasteiger partial charge in [-0.1, -0.05) is 47.0 Å². The number of nitrogens with zero attached hydrogens (tertiary/aromatic N) is 1. The summed E-state index contributed by atoms with van der Waals surface area (Å²) in [5.74, 6) is 0.850. The Bertz CT molecular complexity index is 207. The van der Waals surface area contributed by atoms with Crippen molar-refractivity contribution in [3.8, 4) is 0 Å². The van der Waals surface area contributed by atoms with Crippen LogP contribution in [0.25, 0.3) is 0 Å². The van der Waals surface area contributed by atoms with E-state index >= 15 is 0 Å². The van der Waals surface area contributed by atoms with E-state index in [1.54, 1.807) is 0 Å². The van der Waals surface area contributed by atoms with Crippen molar-refractivity contribution in [1.29, 1.82) is 0 Å². The first-order valence-corrected chi connectivity index (χ1v) is 7.43.